The van der Waals surface area contributed by atoms with E-state index in [1.807, 2.05) is 28.1 Å². The maximum atomic E-state index is 12.4. The fourth-order valence-electron chi connectivity index (χ4n) is 1.04. The molecule has 0 aliphatic heterocycles. The second kappa shape index (κ2) is 5.49. The predicted molar refractivity (Wildman–Crippen MR) is 48.9 cm³/mol. The topological polar surface area (TPSA) is 9.23 Å². The summed E-state index contributed by atoms with van der Waals surface area (Å²) >= 11 is 0. The van der Waals surface area contributed by atoms with Crippen LogP contribution in [-0.4, -0.2) is 51.6 Å². The minimum atomic E-state index is -0.379. The molecule has 0 saturated carbocycles. The lowest BCUT2D eigenvalue weighted by Crippen LogP contribution is -2.43. The number of halogens is 1. The Bertz CT molecular complexity index is 112. The number of hydrogen-bond donors (Lipinski definition) is 0. The summed E-state index contributed by atoms with van der Waals surface area (Å²) in [6.07, 6.45) is 0.720. The molecule has 0 bridgehead atoms. The van der Waals surface area contributed by atoms with Crippen LogP contribution in [0.15, 0.2) is 0 Å². The summed E-state index contributed by atoms with van der Waals surface area (Å²) in [5.41, 5.74) is 0. The molecule has 0 fully saturated rings. The third-order valence-corrected chi connectivity index (χ3v) is 1.48. The van der Waals surface area contributed by atoms with E-state index in [4.69, 9.17) is 4.74 Å². The molecule has 0 aromatic rings. The molecule has 0 aliphatic rings. The monoisotopic (exact) mass is 178 g/mol. The smallest absolute Gasteiger partial charge is 0.134 e. The van der Waals surface area contributed by atoms with E-state index in [-0.39, 0.29) is 12.8 Å². The van der Waals surface area contributed by atoms with Gasteiger partial charge in [-0.25, -0.2) is 4.39 Å². The average Bonchev–Trinajstić information content (AvgIpc) is 1.95. The lowest BCUT2D eigenvalue weighted by Gasteiger charge is -2.27. The first-order chi connectivity index (χ1) is 5.49. The second-order valence-electron chi connectivity index (χ2n) is 4.12. The molecule has 0 spiro atoms. The summed E-state index contributed by atoms with van der Waals surface area (Å²) in [5.74, 6) is 0. The molecular weight excluding hydrogens is 157 g/mol. The first-order valence-electron chi connectivity index (χ1n) is 4.47. The van der Waals surface area contributed by atoms with Crippen molar-refractivity contribution in [2.24, 2.45) is 0 Å². The standard InChI is InChI=1S/C9H21FNO/c1-5-6-12-9(7-10)8-11(2,3)4/h9H,5-8H2,1-4H3/q+1. The highest BCUT2D eigenvalue weighted by molar-refractivity contribution is 4.53. The minimum absolute atomic E-state index is 0.232. The third kappa shape index (κ3) is 6.55. The lowest BCUT2D eigenvalue weighted by atomic mass is 10.3. The quantitative estimate of drug-likeness (QED) is 0.559. The Balaban J connectivity index is 3.67. The van der Waals surface area contributed by atoms with Crippen LogP contribution in [0.1, 0.15) is 13.3 Å². The number of quaternary nitrogens is 1. The zero-order valence-electron chi connectivity index (χ0n) is 8.64. The van der Waals surface area contributed by atoms with Crippen LogP contribution in [-0.2, 0) is 4.74 Å². The van der Waals surface area contributed by atoms with Gasteiger partial charge in [-0.1, -0.05) is 6.92 Å². The molecule has 0 saturated heterocycles. The van der Waals surface area contributed by atoms with Gasteiger partial charge in [0.15, 0.2) is 0 Å². The molecule has 0 aromatic carbocycles. The van der Waals surface area contributed by atoms with Crippen molar-refractivity contribution >= 4 is 0 Å². The molecule has 0 heterocycles. The Labute approximate surface area is 74.9 Å². The summed E-state index contributed by atoms with van der Waals surface area (Å²) in [6.45, 7) is 3.04. The van der Waals surface area contributed by atoms with E-state index in [0.29, 0.717) is 6.61 Å². The van der Waals surface area contributed by atoms with Gasteiger partial charge >= 0.3 is 0 Å². The van der Waals surface area contributed by atoms with Gasteiger partial charge in [0.1, 0.15) is 19.3 Å². The minimum Gasteiger partial charge on any atom is -0.370 e. The molecule has 74 valence electrons. The van der Waals surface area contributed by atoms with Crippen molar-refractivity contribution in [3.8, 4) is 0 Å². The molecule has 0 N–H and O–H groups in total. The van der Waals surface area contributed by atoms with Crippen molar-refractivity contribution < 1.29 is 13.6 Å². The molecule has 0 aliphatic carbocycles. The van der Waals surface area contributed by atoms with Gasteiger partial charge in [0.25, 0.3) is 0 Å². The van der Waals surface area contributed by atoms with Crippen molar-refractivity contribution in [1.29, 1.82) is 0 Å². The average molecular weight is 178 g/mol. The summed E-state index contributed by atoms with van der Waals surface area (Å²) in [6, 6.07) is 0. The molecular formula is C9H21FNO+. The first kappa shape index (κ1) is 11.8. The van der Waals surface area contributed by atoms with Gasteiger partial charge in [-0.15, -0.1) is 0 Å². The van der Waals surface area contributed by atoms with Crippen molar-refractivity contribution in [2.75, 3.05) is 41.0 Å². The second-order valence-corrected chi connectivity index (χ2v) is 4.12. The van der Waals surface area contributed by atoms with Crippen LogP contribution in [0, 0.1) is 0 Å². The summed E-state index contributed by atoms with van der Waals surface area (Å²) in [4.78, 5) is 0. The fraction of sp³-hybridized carbons (Fsp3) is 1.00. The van der Waals surface area contributed by atoms with Gasteiger partial charge in [0, 0.05) is 6.61 Å². The van der Waals surface area contributed by atoms with Crippen LogP contribution in [0.2, 0.25) is 0 Å². The number of alkyl halides is 1. The zero-order chi connectivity index (χ0) is 9.61. The molecule has 0 amide bonds. The Kier molecular flexibility index (Phi) is 5.42. The third-order valence-electron chi connectivity index (χ3n) is 1.48. The molecule has 1 unspecified atom stereocenters. The van der Waals surface area contributed by atoms with E-state index in [2.05, 4.69) is 0 Å². The van der Waals surface area contributed by atoms with Crippen LogP contribution < -0.4 is 0 Å². The molecule has 12 heavy (non-hydrogen) atoms. The van der Waals surface area contributed by atoms with E-state index in [0.717, 1.165) is 17.4 Å². The van der Waals surface area contributed by atoms with Crippen LogP contribution in [0.3, 0.4) is 0 Å². The highest BCUT2D eigenvalue weighted by Gasteiger charge is 2.17. The van der Waals surface area contributed by atoms with Crippen LogP contribution >= 0.6 is 0 Å². The van der Waals surface area contributed by atoms with Gasteiger partial charge in [-0.3, -0.25) is 0 Å². The van der Waals surface area contributed by atoms with Crippen molar-refractivity contribution in [3.63, 3.8) is 0 Å². The molecule has 2 nitrogen and oxygen atoms in total. The van der Waals surface area contributed by atoms with Gasteiger partial charge in [0.2, 0.25) is 0 Å². The van der Waals surface area contributed by atoms with E-state index >= 15 is 0 Å². The van der Waals surface area contributed by atoms with Crippen molar-refractivity contribution in [2.45, 2.75) is 19.4 Å². The maximum Gasteiger partial charge on any atom is 0.134 e. The Hall–Kier alpha value is -0.150. The number of nitrogens with zero attached hydrogens (tertiary/aromatic N) is 1. The predicted octanol–water partition coefficient (Wildman–Crippen LogP) is 1.46. The largest absolute Gasteiger partial charge is 0.370 e. The Morgan fingerprint density at radius 3 is 2.25 bits per heavy atom. The van der Waals surface area contributed by atoms with Crippen molar-refractivity contribution in [3.05, 3.63) is 0 Å². The first-order valence-corrected chi connectivity index (χ1v) is 4.47. The van der Waals surface area contributed by atoms with Gasteiger partial charge < -0.3 is 9.22 Å². The van der Waals surface area contributed by atoms with Crippen LogP contribution in [0.5, 0.6) is 0 Å². The van der Waals surface area contributed by atoms with E-state index < -0.39 is 0 Å². The van der Waals surface area contributed by atoms with Crippen LogP contribution in [0.4, 0.5) is 4.39 Å². The highest BCUT2D eigenvalue weighted by atomic mass is 19.1. The molecule has 0 rings (SSSR count). The lowest BCUT2D eigenvalue weighted by molar-refractivity contribution is -0.873. The molecule has 0 radical (unpaired) electrons. The maximum absolute atomic E-state index is 12.4. The Morgan fingerprint density at radius 1 is 1.33 bits per heavy atom. The zero-order valence-corrected chi connectivity index (χ0v) is 8.64. The molecule has 1 atom stereocenters. The van der Waals surface area contributed by atoms with Gasteiger partial charge in [-0.05, 0) is 6.42 Å². The fourth-order valence-corrected chi connectivity index (χ4v) is 1.04. The number of rotatable bonds is 6. The van der Waals surface area contributed by atoms with Crippen LogP contribution in [0.25, 0.3) is 0 Å². The van der Waals surface area contributed by atoms with Crippen molar-refractivity contribution in [1.82, 2.24) is 0 Å². The number of ether oxygens (including phenoxy) is 1. The van der Waals surface area contributed by atoms with E-state index in [1.54, 1.807) is 0 Å². The summed E-state index contributed by atoms with van der Waals surface area (Å²) in [7, 11) is 6.12. The Morgan fingerprint density at radius 2 is 1.92 bits per heavy atom. The number of hydrogen-bond acceptors (Lipinski definition) is 1. The molecule has 0 aromatic heterocycles. The summed E-state index contributed by atoms with van der Waals surface area (Å²) < 4.78 is 18.5. The van der Waals surface area contributed by atoms with Gasteiger partial charge in [0.05, 0.1) is 21.1 Å². The van der Waals surface area contributed by atoms with Gasteiger partial charge in [-0.2, -0.15) is 0 Å². The normalized spacial score (nSPS) is 14.8. The molecule has 3 heteroatoms. The SMILES string of the molecule is CCCOC(CF)C[N+](C)(C)C. The summed E-state index contributed by atoms with van der Waals surface area (Å²) in [5, 5.41) is 0. The highest BCUT2D eigenvalue weighted by Crippen LogP contribution is 2.01. The number of likely N-dealkylation sites (N-methyl/N-ethyl adjacent to an activating group) is 1. The van der Waals surface area contributed by atoms with E-state index in [9.17, 15) is 4.39 Å². The van der Waals surface area contributed by atoms with E-state index in [1.165, 1.54) is 0 Å².